The molecule has 0 saturated carbocycles. The third-order valence-corrected chi connectivity index (χ3v) is 5.40. The zero-order chi connectivity index (χ0) is 22.0. The quantitative estimate of drug-likeness (QED) is 0.517. The molecule has 0 spiro atoms. The van der Waals surface area contributed by atoms with Crippen LogP contribution in [0.1, 0.15) is 29.2 Å². The molecule has 1 saturated heterocycles. The average molecular weight is 417 g/mol. The van der Waals surface area contributed by atoms with E-state index in [1.165, 1.54) is 12.4 Å². The van der Waals surface area contributed by atoms with E-state index in [1.54, 1.807) is 29.7 Å². The molecule has 158 valence electrons. The fourth-order valence-corrected chi connectivity index (χ4v) is 3.83. The van der Waals surface area contributed by atoms with Crippen LogP contribution in [0.2, 0.25) is 0 Å². The Morgan fingerprint density at radius 1 is 1.23 bits per heavy atom. The van der Waals surface area contributed by atoms with Gasteiger partial charge in [-0.2, -0.15) is 5.10 Å². The second kappa shape index (κ2) is 8.40. The third kappa shape index (κ3) is 3.90. The molecule has 2 N–H and O–H groups in total. The summed E-state index contributed by atoms with van der Waals surface area (Å²) in [4.78, 5) is 17.9. The third-order valence-electron chi connectivity index (χ3n) is 5.40. The number of hydrogen-bond donors (Lipinski definition) is 1. The van der Waals surface area contributed by atoms with Gasteiger partial charge >= 0.3 is 0 Å². The number of nitrogen functional groups attached to an aromatic ring is 1. The van der Waals surface area contributed by atoms with Crippen molar-refractivity contribution >= 4 is 17.2 Å². The van der Waals surface area contributed by atoms with Gasteiger partial charge < -0.3 is 20.1 Å². The predicted octanol–water partition coefficient (Wildman–Crippen LogP) is 2.23. The number of aromatic nitrogens is 3. The van der Waals surface area contributed by atoms with Crippen molar-refractivity contribution in [1.29, 1.82) is 0 Å². The minimum Gasteiger partial charge on any atom is -0.497 e. The molecule has 1 aliphatic rings. The highest BCUT2D eigenvalue weighted by Crippen LogP contribution is 2.31. The van der Waals surface area contributed by atoms with Gasteiger partial charge in [0.2, 0.25) is 5.91 Å². The number of anilines is 1. The molecular formula is C23H23N5O3. The Balaban J connectivity index is 1.75. The molecular weight excluding hydrogens is 394 g/mol. The molecule has 8 nitrogen and oxygen atoms in total. The molecule has 2 aromatic heterocycles. The van der Waals surface area contributed by atoms with E-state index in [1.807, 2.05) is 18.2 Å². The van der Waals surface area contributed by atoms with Crippen LogP contribution in [-0.4, -0.2) is 52.7 Å². The second-order valence-corrected chi connectivity index (χ2v) is 7.21. The van der Waals surface area contributed by atoms with Crippen LogP contribution in [0, 0.1) is 11.8 Å². The fourth-order valence-electron chi connectivity index (χ4n) is 3.83. The first kappa shape index (κ1) is 20.3. The summed E-state index contributed by atoms with van der Waals surface area (Å²) in [5.74, 6) is 8.08. The second-order valence-electron chi connectivity index (χ2n) is 7.21. The van der Waals surface area contributed by atoms with Gasteiger partial charge in [-0.1, -0.05) is 18.4 Å². The number of fused-ring (bicyclic) bond motifs is 1. The number of likely N-dealkylation sites (tertiary alicyclic amines) is 1. The number of carbonyl (C=O) groups is 1. The highest BCUT2D eigenvalue weighted by molar-refractivity contribution is 5.87. The minimum absolute atomic E-state index is 0.0653. The summed E-state index contributed by atoms with van der Waals surface area (Å²) in [6.45, 7) is 4.85. The summed E-state index contributed by atoms with van der Waals surface area (Å²) >= 11 is 0. The number of amides is 1. The van der Waals surface area contributed by atoms with Crippen LogP contribution in [0.25, 0.3) is 5.52 Å². The topological polar surface area (TPSA) is 95.0 Å². The lowest BCUT2D eigenvalue weighted by atomic mass is 10.0. The van der Waals surface area contributed by atoms with E-state index in [4.69, 9.17) is 15.2 Å². The molecule has 0 bridgehead atoms. The van der Waals surface area contributed by atoms with E-state index in [2.05, 4.69) is 28.5 Å². The number of nitrogens with two attached hydrogens (primary N) is 1. The number of ether oxygens (including phenoxy) is 2. The number of rotatable bonds is 4. The van der Waals surface area contributed by atoms with Gasteiger partial charge in [-0.3, -0.25) is 4.79 Å². The van der Waals surface area contributed by atoms with Crippen LogP contribution in [0.15, 0.2) is 43.2 Å². The van der Waals surface area contributed by atoms with Gasteiger partial charge in [-0.25, -0.2) is 9.50 Å². The van der Waals surface area contributed by atoms with Crippen molar-refractivity contribution in [2.24, 2.45) is 0 Å². The molecule has 0 radical (unpaired) electrons. The average Bonchev–Trinajstić information content (AvgIpc) is 3.42. The Kier molecular flexibility index (Phi) is 5.50. The van der Waals surface area contributed by atoms with E-state index in [0.29, 0.717) is 35.9 Å². The Hall–Kier alpha value is -3.99. The number of nitrogens with zero attached hydrogens (tertiary/aromatic N) is 4. The van der Waals surface area contributed by atoms with Crippen molar-refractivity contribution in [1.82, 2.24) is 19.5 Å². The molecule has 1 aliphatic heterocycles. The van der Waals surface area contributed by atoms with Gasteiger partial charge in [0.05, 0.1) is 19.8 Å². The molecule has 1 amide bonds. The number of carbonyl (C=O) groups excluding carboxylic acids is 1. The Labute approximate surface area is 180 Å². The van der Waals surface area contributed by atoms with Gasteiger partial charge in [0.25, 0.3) is 0 Å². The summed E-state index contributed by atoms with van der Waals surface area (Å²) in [6, 6.07) is 7.45. The summed E-state index contributed by atoms with van der Waals surface area (Å²) in [5.41, 5.74) is 9.26. The first-order chi connectivity index (χ1) is 15.0. The largest absolute Gasteiger partial charge is 0.497 e. The van der Waals surface area contributed by atoms with Crippen molar-refractivity contribution in [3.63, 3.8) is 0 Å². The SMILES string of the molecule is C=CC(=O)N1CC[C@@H](c2cc(C#Cc3cc(OC)cc(OC)c3)c3c(N)ncnn23)C1. The van der Waals surface area contributed by atoms with Crippen molar-refractivity contribution in [2.75, 3.05) is 33.0 Å². The maximum absolute atomic E-state index is 12.0. The van der Waals surface area contributed by atoms with Crippen molar-refractivity contribution < 1.29 is 14.3 Å². The Bertz CT molecular complexity index is 1200. The van der Waals surface area contributed by atoms with Crippen LogP contribution in [0.4, 0.5) is 5.82 Å². The maximum atomic E-state index is 12.0. The molecule has 31 heavy (non-hydrogen) atoms. The summed E-state index contributed by atoms with van der Waals surface area (Å²) < 4.78 is 12.4. The molecule has 3 aromatic rings. The van der Waals surface area contributed by atoms with Gasteiger partial charge in [-0.15, -0.1) is 0 Å². The molecule has 0 unspecified atom stereocenters. The highest BCUT2D eigenvalue weighted by Gasteiger charge is 2.29. The van der Waals surface area contributed by atoms with E-state index in [-0.39, 0.29) is 11.8 Å². The van der Waals surface area contributed by atoms with Gasteiger partial charge in [0, 0.05) is 36.3 Å². The summed E-state index contributed by atoms with van der Waals surface area (Å²) in [6.07, 6.45) is 3.60. The molecule has 1 atom stereocenters. The van der Waals surface area contributed by atoms with Crippen molar-refractivity contribution in [3.8, 4) is 23.3 Å². The van der Waals surface area contributed by atoms with Crippen LogP contribution in [-0.2, 0) is 4.79 Å². The zero-order valence-electron chi connectivity index (χ0n) is 17.5. The fraction of sp³-hybridized carbons (Fsp3) is 0.261. The standard InChI is InChI=1S/C23H23N5O3/c1-4-21(29)27-8-7-17(13-27)20-11-16(22-23(24)25-14-26-28(20)22)6-5-15-9-18(30-2)12-19(10-15)31-3/h4,9-12,14,17H,1,7-8,13H2,2-3H3,(H2,24,25,26)/t17-/m1/s1. The normalized spacial score (nSPS) is 15.4. The molecule has 1 aromatic carbocycles. The first-order valence-corrected chi connectivity index (χ1v) is 9.82. The number of benzene rings is 1. The number of hydrogen-bond acceptors (Lipinski definition) is 6. The molecule has 3 heterocycles. The Morgan fingerprint density at radius 3 is 2.65 bits per heavy atom. The van der Waals surface area contributed by atoms with E-state index < -0.39 is 0 Å². The first-order valence-electron chi connectivity index (χ1n) is 9.82. The maximum Gasteiger partial charge on any atom is 0.245 e. The molecule has 4 rings (SSSR count). The molecule has 0 aliphatic carbocycles. The smallest absolute Gasteiger partial charge is 0.245 e. The summed E-state index contributed by atoms with van der Waals surface area (Å²) in [5, 5.41) is 4.40. The lowest BCUT2D eigenvalue weighted by Gasteiger charge is -2.14. The van der Waals surface area contributed by atoms with Crippen LogP contribution in [0.3, 0.4) is 0 Å². The predicted molar refractivity (Wildman–Crippen MR) is 117 cm³/mol. The molecule has 1 fully saturated rings. The lowest BCUT2D eigenvalue weighted by Crippen LogP contribution is -2.26. The van der Waals surface area contributed by atoms with E-state index in [9.17, 15) is 4.79 Å². The van der Waals surface area contributed by atoms with E-state index in [0.717, 1.165) is 23.2 Å². The van der Waals surface area contributed by atoms with Crippen LogP contribution in [0.5, 0.6) is 11.5 Å². The zero-order valence-corrected chi connectivity index (χ0v) is 17.5. The van der Waals surface area contributed by atoms with Crippen molar-refractivity contribution in [3.05, 3.63) is 60.1 Å². The molecule has 8 heteroatoms. The van der Waals surface area contributed by atoms with E-state index >= 15 is 0 Å². The van der Waals surface area contributed by atoms with Crippen LogP contribution >= 0.6 is 0 Å². The highest BCUT2D eigenvalue weighted by atomic mass is 16.5. The summed E-state index contributed by atoms with van der Waals surface area (Å²) in [7, 11) is 3.19. The minimum atomic E-state index is -0.0653. The number of methoxy groups -OCH3 is 2. The van der Waals surface area contributed by atoms with Gasteiger partial charge in [-0.05, 0) is 30.7 Å². The van der Waals surface area contributed by atoms with Gasteiger partial charge in [0.15, 0.2) is 5.82 Å². The monoisotopic (exact) mass is 417 g/mol. The van der Waals surface area contributed by atoms with Gasteiger partial charge in [0.1, 0.15) is 23.3 Å². The van der Waals surface area contributed by atoms with Crippen LogP contribution < -0.4 is 15.2 Å². The Morgan fingerprint density at radius 2 is 1.97 bits per heavy atom. The van der Waals surface area contributed by atoms with Crippen molar-refractivity contribution in [2.45, 2.75) is 12.3 Å². The lowest BCUT2D eigenvalue weighted by molar-refractivity contribution is -0.125.